The van der Waals surface area contributed by atoms with Gasteiger partial charge in [0.15, 0.2) is 0 Å². The smallest absolute Gasteiger partial charge is 0.342 e. The summed E-state index contributed by atoms with van der Waals surface area (Å²) in [5.74, 6) is -0.248. The number of allylic oxidation sites excluding steroid dienone is 1. The van der Waals surface area contributed by atoms with Gasteiger partial charge >= 0.3 is 11.9 Å². The third-order valence-corrected chi connectivity index (χ3v) is 6.84. The maximum Gasteiger partial charge on any atom is 0.342 e. The van der Waals surface area contributed by atoms with E-state index < -0.39 is 24.0 Å². The maximum atomic E-state index is 13.3. The average molecular weight is 521 g/mol. The highest BCUT2D eigenvalue weighted by Gasteiger charge is 2.35. The number of fused-ring (bicyclic) bond motifs is 2. The van der Waals surface area contributed by atoms with E-state index in [1.807, 2.05) is 30.3 Å². The van der Waals surface area contributed by atoms with Gasteiger partial charge in [-0.15, -0.1) is 0 Å². The van der Waals surface area contributed by atoms with Crippen molar-refractivity contribution in [1.29, 1.82) is 0 Å². The lowest BCUT2D eigenvalue weighted by atomic mass is 9.83. The highest BCUT2D eigenvalue weighted by atomic mass is 16.5. The zero-order chi connectivity index (χ0) is 27.2. The Morgan fingerprint density at radius 3 is 2.55 bits per heavy atom. The van der Waals surface area contributed by atoms with E-state index in [0.717, 1.165) is 11.3 Å². The Morgan fingerprint density at radius 1 is 1.08 bits per heavy atom. The molecule has 0 saturated carbocycles. The van der Waals surface area contributed by atoms with Crippen molar-refractivity contribution in [3.05, 3.63) is 58.7 Å². The van der Waals surface area contributed by atoms with Crippen LogP contribution in [-0.2, 0) is 14.3 Å². The van der Waals surface area contributed by atoms with E-state index in [1.165, 1.54) is 0 Å². The van der Waals surface area contributed by atoms with Crippen molar-refractivity contribution in [3.8, 4) is 17.2 Å². The number of Topliss-reactive ketones (excluding diaryl/α,β-unsaturated/α-hetero) is 1. The second-order valence-electron chi connectivity index (χ2n) is 10.5. The van der Waals surface area contributed by atoms with E-state index in [2.05, 4.69) is 13.8 Å². The first-order chi connectivity index (χ1) is 18.2. The minimum atomic E-state index is -0.645. The molecule has 2 atom stereocenters. The van der Waals surface area contributed by atoms with Crippen LogP contribution >= 0.6 is 0 Å². The average Bonchev–Trinajstić information content (AvgIpc) is 2.86. The molecule has 1 N–H and O–H groups in total. The van der Waals surface area contributed by atoms with Crippen molar-refractivity contribution in [2.45, 2.75) is 77.7 Å². The number of benzene rings is 2. The fourth-order valence-corrected chi connectivity index (χ4v) is 4.86. The van der Waals surface area contributed by atoms with E-state index in [9.17, 15) is 19.5 Å². The normalized spacial score (nSPS) is 20.7. The van der Waals surface area contributed by atoms with Gasteiger partial charge in [-0.25, -0.2) is 4.79 Å². The van der Waals surface area contributed by atoms with Gasteiger partial charge in [0.2, 0.25) is 0 Å². The minimum Gasteiger partial charge on any atom is -0.507 e. The number of cyclic esters (lactones) is 1. The molecule has 7 nitrogen and oxygen atoms in total. The predicted octanol–water partition coefficient (Wildman–Crippen LogP) is 6.35. The predicted molar refractivity (Wildman–Crippen MR) is 144 cm³/mol. The Kier molecular flexibility index (Phi) is 8.87. The number of aromatic hydroxyl groups is 1. The number of rotatable bonds is 4. The highest BCUT2D eigenvalue weighted by molar-refractivity contribution is 5.98. The molecule has 4 rings (SSSR count). The molecule has 38 heavy (non-hydrogen) atoms. The first-order valence-electron chi connectivity index (χ1n) is 13.5. The Labute approximate surface area is 223 Å². The number of carbonyl (C=O) groups excluding carboxylic acids is 3. The Hall–Kier alpha value is -3.61. The molecular weight excluding hydrogens is 484 g/mol. The zero-order valence-electron chi connectivity index (χ0n) is 22.3. The van der Waals surface area contributed by atoms with Crippen molar-refractivity contribution >= 4 is 23.8 Å². The second kappa shape index (κ2) is 12.3. The summed E-state index contributed by atoms with van der Waals surface area (Å²) in [6.07, 6.45) is 6.70. The van der Waals surface area contributed by atoms with Crippen molar-refractivity contribution < 1.29 is 33.7 Å². The summed E-state index contributed by atoms with van der Waals surface area (Å²) in [5.41, 5.74) is 1.66. The summed E-state index contributed by atoms with van der Waals surface area (Å²) in [4.78, 5) is 38.0. The standard InChI is InChI=1S/C31H36O7/c1-19(2)18-36-24-14-12-21(13-15-24)25-17-27(33)38-26-16-22-9-5-4-6-10-23(32)11-7-8-20(3)37-31(35)28(22)30(34)29(25)26/h5,9,12-16,19-20,25,34H,4,6-8,10-11,17-18H2,1-3H3. The topological polar surface area (TPSA) is 99.1 Å². The second-order valence-corrected chi connectivity index (χ2v) is 10.5. The lowest BCUT2D eigenvalue weighted by Gasteiger charge is -2.28. The Bertz CT molecular complexity index is 1210. The van der Waals surface area contributed by atoms with Crippen LogP contribution in [0.5, 0.6) is 17.2 Å². The molecule has 0 fully saturated rings. The van der Waals surface area contributed by atoms with Crippen LogP contribution < -0.4 is 9.47 Å². The van der Waals surface area contributed by atoms with Crippen LogP contribution in [0.4, 0.5) is 0 Å². The number of phenolic OH excluding ortho intramolecular Hbond substituents is 1. The summed E-state index contributed by atoms with van der Waals surface area (Å²) in [7, 11) is 0. The molecule has 2 aromatic rings. The molecule has 0 spiro atoms. The van der Waals surface area contributed by atoms with E-state index in [-0.39, 0.29) is 29.3 Å². The molecule has 2 heterocycles. The van der Waals surface area contributed by atoms with Crippen LogP contribution in [0, 0.1) is 5.92 Å². The third-order valence-electron chi connectivity index (χ3n) is 6.84. The minimum absolute atomic E-state index is 0.0286. The number of hydrogen-bond donors (Lipinski definition) is 1. The van der Waals surface area contributed by atoms with Gasteiger partial charge in [0.25, 0.3) is 0 Å². The van der Waals surface area contributed by atoms with Crippen molar-refractivity contribution in [1.82, 2.24) is 0 Å². The number of carbonyl (C=O) groups is 3. The number of hydrogen-bond acceptors (Lipinski definition) is 7. The van der Waals surface area contributed by atoms with Crippen LogP contribution in [0.15, 0.2) is 36.4 Å². The third kappa shape index (κ3) is 6.63. The number of esters is 2. The molecular formula is C31H36O7. The van der Waals surface area contributed by atoms with E-state index >= 15 is 0 Å². The molecule has 2 aliphatic heterocycles. The SMILES string of the molecule is CC(C)COc1ccc(C2CC(=O)Oc3cc4c(c(O)c32)C(=O)OC(C)CCCC(=O)CCCC=C4)cc1. The molecule has 0 saturated heterocycles. The summed E-state index contributed by atoms with van der Waals surface area (Å²) in [6, 6.07) is 9.05. The highest BCUT2D eigenvalue weighted by Crippen LogP contribution is 2.47. The molecule has 7 heteroatoms. The van der Waals surface area contributed by atoms with Crippen molar-refractivity contribution in [3.63, 3.8) is 0 Å². The summed E-state index contributed by atoms with van der Waals surface area (Å²) < 4.78 is 17.0. The van der Waals surface area contributed by atoms with Crippen LogP contribution in [0.1, 0.15) is 98.7 Å². The first-order valence-corrected chi connectivity index (χ1v) is 13.5. The molecule has 2 aliphatic rings. The number of ketones is 1. The molecule has 2 unspecified atom stereocenters. The van der Waals surface area contributed by atoms with Gasteiger partial charge in [-0.1, -0.05) is 38.1 Å². The zero-order valence-corrected chi connectivity index (χ0v) is 22.3. The molecule has 2 aromatic carbocycles. The van der Waals surface area contributed by atoms with Gasteiger partial charge in [0, 0.05) is 24.3 Å². The van der Waals surface area contributed by atoms with Gasteiger partial charge in [-0.2, -0.15) is 0 Å². The van der Waals surface area contributed by atoms with Gasteiger partial charge < -0.3 is 19.3 Å². The van der Waals surface area contributed by atoms with E-state index in [0.29, 0.717) is 62.2 Å². The Balaban J connectivity index is 1.73. The monoisotopic (exact) mass is 520 g/mol. The largest absolute Gasteiger partial charge is 0.507 e. The van der Waals surface area contributed by atoms with Crippen LogP contribution in [0.3, 0.4) is 0 Å². The fourth-order valence-electron chi connectivity index (χ4n) is 4.86. The Morgan fingerprint density at radius 2 is 1.82 bits per heavy atom. The van der Waals surface area contributed by atoms with E-state index in [1.54, 1.807) is 19.1 Å². The van der Waals surface area contributed by atoms with E-state index in [4.69, 9.17) is 14.2 Å². The van der Waals surface area contributed by atoms with Gasteiger partial charge in [-0.3, -0.25) is 9.59 Å². The summed E-state index contributed by atoms with van der Waals surface area (Å²) in [6.45, 7) is 6.52. The maximum absolute atomic E-state index is 13.3. The number of phenols is 1. The quantitative estimate of drug-likeness (QED) is 0.370. The summed E-state index contributed by atoms with van der Waals surface area (Å²) in [5, 5.41) is 11.5. The van der Waals surface area contributed by atoms with Crippen molar-refractivity contribution in [2.75, 3.05) is 6.61 Å². The van der Waals surface area contributed by atoms with Crippen LogP contribution in [0.2, 0.25) is 0 Å². The van der Waals surface area contributed by atoms with Crippen molar-refractivity contribution in [2.24, 2.45) is 5.92 Å². The van der Waals surface area contributed by atoms with Gasteiger partial charge in [0.1, 0.15) is 28.6 Å². The molecule has 0 aliphatic carbocycles. The van der Waals surface area contributed by atoms with Crippen LogP contribution in [-0.4, -0.2) is 35.5 Å². The van der Waals surface area contributed by atoms with Gasteiger partial charge in [0.05, 0.1) is 19.1 Å². The molecule has 0 radical (unpaired) electrons. The molecule has 0 amide bonds. The van der Waals surface area contributed by atoms with Gasteiger partial charge in [-0.05, 0) is 67.9 Å². The molecule has 0 aromatic heterocycles. The molecule has 0 bridgehead atoms. The lowest BCUT2D eigenvalue weighted by Crippen LogP contribution is -2.23. The lowest BCUT2D eigenvalue weighted by molar-refractivity contribution is -0.135. The molecule has 202 valence electrons. The van der Waals surface area contributed by atoms with Crippen LogP contribution in [0.25, 0.3) is 6.08 Å². The number of ether oxygens (including phenoxy) is 3. The first kappa shape index (κ1) is 27.4. The summed E-state index contributed by atoms with van der Waals surface area (Å²) >= 11 is 0. The fraction of sp³-hybridized carbons (Fsp3) is 0.452.